The number of pyridine rings is 1. The molecular weight excluding hydrogens is 456 g/mol. The molecular formula is C27H34N6OS. The first-order valence-corrected chi connectivity index (χ1v) is 13.1. The molecule has 2 heterocycles. The van der Waals surface area contributed by atoms with Crippen molar-refractivity contribution >= 4 is 29.1 Å². The number of Topliss-reactive ketones (excluding diaryl/α,β-unsaturated/α-hetero) is 1. The van der Waals surface area contributed by atoms with Gasteiger partial charge in [0, 0.05) is 31.8 Å². The number of ketones is 1. The van der Waals surface area contributed by atoms with E-state index >= 15 is 0 Å². The molecule has 1 aromatic carbocycles. The predicted molar refractivity (Wildman–Crippen MR) is 142 cm³/mol. The fourth-order valence-electron chi connectivity index (χ4n) is 4.27. The Kier molecular flexibility index (Phi) is 10.1. The van der Waals surface area contributed by atoms with Gasteiger partial charge >= 0.3 is 0 Å². The van der Waals surface area contributed by atoms with Crippen LogP contribution in [-0.4, -0.2) is 62.5 Å². The predicted octanol–water partition coefficient (Wildman–Crippen LogP) is 4.22. The van der Waals surface area contributed by atoms with Crippen LogP contribution in [0.25, 0.3) is 4.85 Å². The summed E-state index contributed by atoms with van der Waals surface area (Å²) in [6.07, 6.45) is 2.91. The van der Waals surface area contributed by atoms with Gasteiger partial charge in [-0.25, -0.2) is 9.83 Å². The van der Waals surface area contributed by atoms with E-state index in [1.807, 2.05) is 6.92 Å². The number of rotatable bonds is 10. The maximum Gasteiger partial charge on any atom is 0.232 e. The van der Waals surface area contributed by atoms with E-state index < -0.39 is 0 Å². The third kappa shape index (κ3) is 7.05. The van der Waals surface area contributed by atoms with Crippen LogP contribution in [-0.2, 0) is 23.4 Å². The molecule has 1 N–H and O–H groups in total. The molecule has 1 saturated heterocycles. The number of anilines is 1. The van der Waals surface area contributed by atoms with Crippen LogP contribution in [0, 0.1) is 17.9 Å². The maximum atomic E-state index is 11.8. The first-order chi connectivity index (χ1) is 17.0. The monoisotopic (exact) mass is 490 g/mol. The van der Waals surface area contributed by atoms with Gasteiger partial charge in [0.2, 0.25) is 5.69 Å². The van der Waals surface area contributed by atoms with Gasteiger partial charge < -0.3 is 15.1 Å². The van der Waals surface area contributed by atoms with Crippen LogP contribution in [0.5, 0.6) is 0 Å². The number of aromatic nitrogens is 1. The summed E-state index contributed by atoms with van der Waals surface area (Å²) in [5.74, 6) is 1.61. The molecule has 35 heavy (non-hydrogen) atoms. The minimum atomic E-state index is 0.212. The number of nitrogens with one attached hydrogen (secondary N) is 1. The van der Waals surface area contributed by atoms with Gasteiger partial charge in [-0.2, -0.15) is 5.26 Å². The summed E-state index contributed by atoms with van der Waals surface area (Å²) in [4.78, 5) is 25.0. The van der Waals surface area contributed by atoms with Crippen molar-refractivity contribution in [3.8, 4) is 6.07 Å². The molecule has 8 heteroatoms. The number of benzene rings is 1. The van der Waals surface area contributed by atoms with Gasteiger partial charge in [-0.05, 0) is 56.6 Å². The molecule has 0 radical (unpaired) electrons. The largest absolute Gasteiger partial charge is 0.364 e. The van der Waals surface area contributed by atoms with Crippen LogP contribution < -0.4 is 10.2 Å². The van der Waals surface area contributed by atoms with Crippen LogP contribution in [0.1, 0.15) is 42.0 Å². The zero-order valence-corrected chi connectivity index (χ0v) is 21.7. The van der Waals surface area contributed by atoms with Gasteiger partial charge in [0.1, 0.15) is 22.7 Å². The topological polar surface area (TPSA) is 76.6 Å². The molecule has 3 rings (SSSR count). The third-order valence-corrected chi connectivity index (χ3v) is 7.33. The average Bonchev–Trinajstić information content (AvgIpc) is 3.10. The van der Waals surface area contributed by atoms with Crippen LogP contribution in [0.3, 0.4) is 0 Å². The van der Waals surface area contributed by atoms with Crippen molar-refractivity contribution in [1.82, 2.24) is 15.2 Å². The molecule has 1 fully saturated rings. The molecule has 0 bridgehead atoms. The number of nitriles is 1. The van der Waals surface area contributed by atoms with E-state index in [-0.39, 0.29) is 5.78 Å². The van der Waals surface area contributed by atoms with Crippen molar-refractivity contribution in [3.63, 3.8) is 0 Å². The molecule has 7 nitrogen and oxygen atoms in total. The second kappa shape index (κ2) is 13.3. The molecule has 1 aliphatic heterocycles. The summed E-state index contributed by atoms with van der Waals surface area (Å²) >= 11 is 1.55. The Balaban J connectivity index is 1.80. The Morgan fingerprint density at radius 3 is 2.63 bits per heavy atom. The van der Waals surface area contributed by atoms with E-state index in [0.29, 0.717) is 41.4 Å². The summed E-state index contributed by atoms with van der Waals surface area (Å²) in [6, 6.07) is 10.6. The number of likely N-dealkylation sites (N-methyl/N-ethyl adjacent to an activating group) is 2. The van der Waals surface area contributed by atoms with Crippen molar-refractivity contribution in [1.29, 1.82) is 5.26 Å². The fourth-order valence-corrected chi connectivity index (χ4v) is 5.23. The van der Waals surface area contributed by atoms with Crippen molar-refractivity contribution < 1.29 is 4.79 Å². The normalized spacial score (nSPS) is 14.3. The maximum absolute atomic E-state index is 11.8. The molecule has 0 atom stereocenters. The number of thioether (sulfide) groups is 1. The van der Waals surface area contributed by atoms with Crippen LogP contribution in [0.2, 0.25) is 0 Å². The second-order valence-electron chi connectivity index (χ2n) is 8.84. The summed E-state index contributed by atoms with van der Waals surface area (Å²) in [6.45, 7) is 13.9. The number of aryl methyl sites for hydroxylation is 1. The van der Waals surface area contributed by atoms with Crippen LogP contribution in [0.15, 0.2) is 29.3 Å². The molecule has 2 aromatic rings. The minimum Gasteiger partial charge on any atom is -0.364 e. The Morgan fingerprint density at radius 2 is 1.97 bits per heavy atom. The highest BCUT2D eigenvalue weighted by Gasteiger charge is 2.24. The lowest BCUT2D eigenvalue weighted by Gasteiger charge is -2.25. The third-order valence-electron chi connectivity index (χ3n) is 6.28. The summed E-state index contributed by atoms with van der Waals surface area (Å²) < 4.78 is 0. The Hall–Kier alpha value is -2.91. The molecule has 0 unspecified atom stereocenters. The highest BCUT2D eigenvalue weighted by atomic mass is 32.2. The summed E-state index contributed by atoms with van der Waals surface area (Å²) in [5, 5.41) is 13.5. The molecule has 0 saturated carbocycles. The smallest absolute Gasteiger partial charge is 0.232 e. The van der Waals surface area contributed by atoms with E-state index in [4.69, 9.17) is 11.6 Å². The molecule has 184 valence electrons. The summed E-state index contributed by atoms with van der Waals surface area (Å²) in [5.41, 5.74) is 4.13. The van der Waals surface area contributed by atoms with Crippen molar-refractivity contribution in [2.75, 3.05) is 51.7 Å². The number of carbonyl (C=O) groups excluding carboxylic acids is 1. The standard InChI is InChI=1S/C27H34N6OS/c1-5-23-24(17-28)27(31-26(25(23)30-3)33-14-6-13-32(4)15-16-33)35-19-21-9-7-20(8-10-21)11-12-22(34)18-29-2/h7-10,29H,5-6,11-16,18-19H2,1-2,4H3. The lowest BCUT2D eigenvalue weighted by atomic mass is 10.1. The number of hydrogen-bond acceptors (Lipinski definition) is 7. The van der Waals surface area contributed by atoms with E-state index in [0.717, 1.165) is 61.5 Å². The van der Waals surface area contributed by atoms with Crippen molar-refractivity contribution in [3.05, 3.63) is 57.9 Å². The van der Waals surface area contributed by atoms with Crippen LogP contribution >= 0.6 is 11.8 Å². The van der Waals surface area contributed by atoms with Crippen LogP contribution in [0.4, 0.5) is 11.5 Å². The van der Waals surface area contributed by atoms with E-state index in [2.05, 4.69) is 57.3 Å². The quantitative estimate of drug-likeness (QED) is 0.395. The zero-order chi connectivity index (χ0) is 25.2. The van der Waals surface area contributed by atoms with E-state index in [1.165, 1.54) is 0 Å². The summed E-state index contributed by atoms with van der Waals surface area (Å²) in [7, 11) is 3.90. The Bertz CT molecular complexity index is 1100. The minimum absolute atomic E-state index is 0.212. The number of carbonyl (C=O) groups is 1. The van der Waals surface area contributed by atoms with Gasteiger partial charge in [-0.15, -0.1) is 11.8 Å². The van der Waals surface area contributed by atoms with Gasteiger partial charge in [0.15, 0.2) is 0 Å². The van der Waals surface area contributed by atoms with Gasteiger partial charge in [-0.3, -0.25) is 4.79 Å². The zero-order valence-electron chi connectivity index (χ0n) is 20.9. The highest BCUT2D eigenvalue weighted by molar-refractivity contribution is 7.98. The van der Waals surface area contributed by atoms with Gasteiger partial charge in [-0.1, -0.05) is 31.2 Å². The second-order valence-corrected chi connectivity index (χ2v) is 9.80. The molecule has 0 amide bonds. The van der Waals surface area contributed by atoms with Crippen molar-refractivity contribution in [2.45, 2.75) is 43.4 Å². The van der Waals surface area contributed by atoms with E-state index in [1.54, 1.807) is 18.8 Å². The lowest BCUT2D eigenvalue weighted by molar-refractivity contribution is -0.118. The van der Waals surface area contributed by atoms with Gasteiger partial charge in [0.05, 0.1) is 18.7 Å². The van der Waals surface area contributed by atoms with Gasteiger partial charge in [0.25, 0.3) is 0 Å². The molecule has 1 aromatic heterocycles. The van der Waals surface area contributed by atoms with Crippen molar-refractivity contribution in [2.24, 2.45) is 0 Å². The number of nitrogens with zero attached hydrogens (tertiary/aromatic N) is 5. The first kappa shape index (κ1) is 26.7. The molecule has 0 spiro atoms. The average molecular weight is 491 g/mol. The molecule has 1 aliphatic rings. The Morgan fingerprint density at radius 1 is 1.23 bits per heavy atom. The molecule has 0 aliphatic carbocycles. The van der Waals surface area contributed by atoms with E-state index in [9.17, 15) is 10.1 Å². The first-order valence-electron chi connectivity index (χ1n) is 12.2. The Labute approximate surface area is 213 Å². The fraction of sp³-hybridized carbons (Fsp3) is 0.481. The SMILES string of the molecule is [C-]#[N+]c1c(N2CCCN(C)CC2)nc(SCc2ccc(CCC(=O)CNC)cc2)c(C#N)c1CC. The lowest BCUT2D eigenvalue weighted by Crippen LogP contribution is -2.29. The number of hydrogen-bond donors (Lipinski definition) is 1. The highest BCUT2D eigenvalue weighted by Crippen LogP contribution is 2.39.